The summed E-state index contributed by atoms with van der Waals surface area (Å²) in [5, 5.41) is 0. The lowest BCUT2D eigenvalue weighted by Crippen LogP contribution is -2.34. The van der Waals surface area contributed by atoms with E-state index in [1.165, 1.54) is 0 Å². The second kappa shape index (κ2) is 5.11. The standard InChI is InChI=1S/C10H14BrN3O/c1-3-14(6-9(12)15)10-8(11)4-7(2)5-13-10/h4-5H,3,6H2,1-2H3,(H2,12,15). The molecule has 0 aliphatic rings. The van der Waals surface area contributed by atoms with Gasteiger partial charge in [0.05, 0.1) is 11.0 Å². The van der Waals surface area contributed by atoms with E-state index in [-0.39, 0.29) is 12.5 Å². The highest BCUT2D eigenvalue weighted by Gasteiger charge is 2.11. The smallest absolute Gasteiger partial charge is 0.236 e. The Morgan fingerprint density at radius 2 is 2.33 bits per heavy atom. The first-order valence-corrected chi connectivity index (χ1v) is 5.49. The molecule has 0 bridgehead atoms. The largest absolute Gasteiger partial charge is 0.368 e. The van der Waals surface area contributed by atoms with Gasteiger partial charge in [0.2, 0.25) is 5.91 Å². The number of hydrogen-bond acceptors (Lipinski definition) is 3. The van der Waals surface area contributed by atoms with E-state index in [1.807, 2.05) is 24.8 Å². The van der Waals surface area contributed by atoms with E-state index in [2.05, 4.69) is 20.9 Å². The average molecular weight is 272 g/mol. The molecule has 82 valence electrons. The fourth-order valence-corrected chi connectivity index (χ4v) is 2.00. The van der Waals surface area contributed by atoms with Gasteiger partial charge in [-0.15, -0.1) is 0 Å². The highest BCUT2D eigenvalue weighted by atomic mass is 79.9. The van der Waals surface area contributed by atoms with Gasteiger partial charge in [0.25, 0.3) is 0 Å². The molecule has 0 aliphatic carbocycles. The fraction of sp³-hybridized carbons (Fsp3) is 0.400. The molecule has 1 heterocycles. The van der Waals surface area contributed by atoms with E-state index >= 15 is 0 Å². The zero-order valence-corrected chi connectivity index (χ0v) is 10.4. The Labute approximate surface area is 97.6 Å². The van der Waals surface area contributed by atoms with Crippen LogP contribution in [0.5, 0.6) is 0 Å². The number of nitrogens with two attached hydrogens (primary N) is 1. The first-order chi connectivity index (χ1) is 7.04. The number of primary amides is 1. The Balaban J connectivity index is 2.96. The van der Waals surface area contributed by atoms with Crippen molar-refractivity contribution in [1.82, 2.24) is 4.98 Å². The van der Waals surface area contributed by atoms with Gasteiger partial charge in [0.15, 0.2) is 0 Å². The molecule has 0 aromatic carbocycles. The van der Waals surface area contributed by atoms with Gasteiger partial charge in [0.1, 0.15) is 5.82 Å². The number of carbonyl (C=O) groups is 1. The minimum Gasteiger partial charge on any atom is -0.368 e. The summed E-state index contributed by atoms with van der Waals surface area (Å²) in [6.45, 7) is 4.80. The quantitative estimate of drug-likeness (QED) is 0.902. The Hall–Kier alpha value is -1.10. The number of likely N-dealkylation sites (N-methyl/N-ethyl adjacent to an activating group) is 1. The minimum absolute atomic E-state index is 0.186. The van der Waals surface area contributed by atoms with Gasteiger partial charge in [-0.3, -0.25) is 4.79 Å². The number of anilines is 1. The monoisotopic (exact) mass is 271 g/mol. The van der Waals surface area contributed by atoms with Crippen LogP contribution in [0.15, 0.2) is 16.7 Å². The first kappa shape index (κ1) is 12.0. The van der Waals surface area contributed by atoms with Crippen molar-refractivity contribution in [3.63, 3.8) is 0 Å². The molecule has 0 radical (unpaired) electrons. The van der Waals surface area contributed by atoms with Crippen LogP contribution in [0.25, 0.3) is 0 Å². The maximum Gasteiger partial charge on any atom is 0.236 e. The SMILES string of the molecule is CCN(CC(N)=O)c1ncc(C)cc1Br. The van der Waals surface area contributed by atoms with E-state index in [1.54, 1.807) is 6.20 Å². The average Bonchev–Trinajstić information content (AvgIpc) is 2.14. The Bertz CT molecular complexity index is 368. The fourth-order valence-electron chi connectivity index (χ4n) is 1.28. The molecular formula is C10H14BrN3O. The zero-order chi connectivity index (χ0) is 11.4. The molecular weight excluding hydrogens is 258 g/mol. The van der Waals surface area contributed by atoms with Crippen molar-refractivity contribution < 1.29 is 4.79 Å². The van der Waals surface area contributed by atoms with Crippen molar-refractivity contribution in [3.8, 4) is 0 Å². The summed E-state index contributed by atoms with van der Waals surface area (Å²) in [7, 11) is 0. The van der Waals surface area contributed by atoms with Crippen molar-refractivity contribution in [2.75, 3.05) is 18.0 Å². The number of hydrogen-bond donors (Lipinski definition) is 1. The number of nitrogens with zero attached hydrogens (tertiary/aromatic N) is 2. The van der Waals surface area contributed by atoms with Gasteiger partial charge < -0.3 is 10.6 Å². The predicted molar refractivity (Wildman–Crippen MR) is 63.8 cm³/mol. The number of halogens is 1. The van der Waals surface area contributed by atoms with Crippen LogP contribution in [-0.2, 0) is 4.79 Å². The minimum atomic E-state index is -0.355. The second-order valence-electron chi connectivity index (χ2n) is 3.30. The van der Waals surface area contributed by atoms with Crippen LogP contribution in [-0.4, -0.2) is 24.0 Å². The molecule has 0 atom stereocenters. The van der Waals surface area contributed by atoms with Gasteiger partial charge in [-0.05, 0) is 41.4 Å². The summed E-state index contributed by atoms with van der Waals surface area (Å²) in [4.78, 5) is 17.0. The highest BCUT2D eigenvalue weighted by Crippen LogP contribution is 2.23. The molecule has 1 amide bonds. The van der Waals surface area contributed by atoms with Crippen molar-refractivity contribution in [2.45, 2.75) is 13.8 Å². The lowest BCUT2D eigenvalue weighted by Gasteiger charge is -2.21. The number of rotatable bonds is 4. The van der Waals surface area contributed by atoms with Crippen LogP contribution in [0.2, 0.25) is 0 Å². The van der Waals surface area contributed by atoms with E-state index in [9.17, 15) is 4.79 Å². The molecule has 0 aliphatic heterocycles. The molecule has 2 N–H and O–H groups in total. The molecule has 15 heavy (non-hydrogen) atoms. The number of aryl methyl sites for hydroxylation is 1. The highest BCUT2D eigenvalue weighted by molar-refractivity contribution is 9.10. The summed E-state index contributed by atoms with van der Waals surface area (Å²) in [5.74, 6) is 0.396. The second-order valence-corrected chi connectivity index (χ2v) is 4.15. The summed E-state index contributed by atoms with van der Waals surface area (Å²) >= 11 is 3.42. The van der Waals surface area contributed by atoms with Crippen molar-refractivity contribution in [2.24, 2.45) is 5.73 Å². The Kier molecular flexibility index (Phi) is 4.08. The van der Waals surface area contributed by atoms with Crippen LogP contribution in [0, 0.1) is 6.92 Å². The maximum atomic E-state index is 10.9. The summed E-state index contributed by atoms with van der Waals surface area (Å²) in [5.41, 5.74) is 6.23. The third kappa shape index (κ3) is 3.20. The summed E-state index contributed by atoms with van der Waals surface area (Å²) in [6.07, 6.45) is 1.77. The number of pyridine rings is 1. The van der Waals surface area contributed by atoms with E-state index in [0.29, 0.717) is 6.54 Å². The van der Waals surface area contributed by atoms with Gasteiger partial charge in [0, 0.05) is 12.7 Å². The topological polar surface area (TPSA) is 59.2 Å². The van der Waals surface area contributed by atoms with Crippen molar-refractivity contribution in [3.05, 3.63) is 22.3 Å². The summed E-state index contributed by atoms with van der Waals surface area (Å²) in [6, 6.07) is 1.96. The molecule has 0 saturated heterocycles. The third-order valence-electron chi connectivity index (χ3n) is 1.99. The van der Waals surface area contributed by atoms with E-state index < -0.39 is 0 Å². The van der Waals surface area contributed by atoms with Crippen LogP contribution in [0.3, 0.4) is 0 Å². The Morgan fingerprint density at radius 1 is 1.67 bits per heavy atom. The van der Waals surface area contributed by atoms with E-state index in [0.717, 1.165) is 15.9 Å². The number of carbonyl (C=O) groups excluding carboxylic acids is 1. The molecule has 0 unspecified atom stereocenters. The molecule has 0 spiro atoms. The molecule has 5 heteroatoms. The molecule has 1 aromatic rings. The molecule has 0 saturated carbocycles. The molecule has 0 fully saturated rings. The van der Waals surface area contributed by atoms with Gasteiger partial charge in [-0.25, -0.2) is 4.98 Å². The maximum absolute atomic E-state index is 10.9. The van der Waals surface area contributed by atoms with Crippen LogP contribution < -0.4 is 10.6 Å². The van der Waals surface area contributed by atoms with Gasteiger partial charge >= 0.3 is 0 Å². The zero-order valence-electron chi connectivity index (χ0n) is 8.83. The molecule has 1 aromatic heterocycles. The number of amides is 1. The summed E-state index contributed by atoms with van der Waals surface area (Å²) < 4.78 is 0.880. The van der Waals surface area contributed by atoms with Gasteiger partial charge in [-0.1, -0.05) is 0 Å². The first-order valence-electron chi connectivity index (χ1n) is 4.70. The van der Waals surface area contributed by atoms with Crippen LogP contribution >= 0.6 is 15.9 Å². The normalized spacial score (nSPS) is 10.1. The molecule has 1 rings (SSSR count). The lowest BCUT2D eigenvalue weighted by atomic mass is 10.3. The van der Waals surface area contributed by atoms with Crippen molar-refractivity contribution in [1.29, 1.82) is 0 Å². The van der Waals surface area contributed by atoms with E-state index in [4.69, 9.17) is 5.73 Å². The lowest BCUT2D eigenvalue weighted by molar-refractivity contribution is -0.116. The predicted octanol–water partition coefficient (Wildman–Crippen LogP) is 1.46. The number of aromatic nitrogens is 1. The third-order valence-corrected chi connectivity index (χ3v) is 2.57. The van der Waals surface area contributed by atoms with Crippen molar-refractivity contribution >= 4 is 27.7 Å². The van der Waals surface area contributed by atoms with Crippen LogP contribution in [0.1, 0.15) is 12.5 Å². The van der Waals surface area contributed by atoms with Crippen LogP contribution in [0.4, 0.5) is 5.82 Å². The van der Waals surface area contributed by atoms with Gasteiger partial charge in [-0.2, -0.15) is 0 Å². The Morgan fingerprint density at radius 3 is 2.80 bits per heavy atom. The molecule has 4 nitrogen and oxygen atoms in total.